The molecule has 0 atom stereocenters. The number of piperidine rings is 1. The molecule has 1 aliphatic heterocycles. The molecule has 0 amide bonds. The summed E-state index contributed by atoms with van der Waals surface area (Å²) >= 11 is 0. The molecule has 272 valence electrons. The van der Waals surface area contributed by atoms with E-state index in [0.29, 0.717) is 60.8 Å². The minimum atomic E-state index is -4.52. The van der Waals surface area contributed by atoms with Crippen LogP contribution in [0.5, 0.6) is 5.75 Å². The molecule has 0 spiro atoms. The molecule has 0 unspecified atom stereocenters. The normalized spacial score (nSPS) is 18.0. The average molecular weight is 729 g/mol. The second-order valence-electron chi connectivity index (χ2n) is 14.5. The number of aliphatic carboxylic acids is 1. The minimum Gasteiger partial charge on any atom is -0.550 e. The van der Waals surface area contributed by atoms with Crippen LogP contribution in [0.1, 0.15) is 75.0 Å². The Morgan fingerprint density at radius 3 is 2.40 bits per heavy atom. The van der Waals surface area contributed by atoms with Crippen LogP contribution < -0.4 is 44.3 Å². The van der Waals surface area contributed by atoms with Crippen molar-refractivity contribution in [1.82, 2.24) is 24.8 Å². The van der Waals surface area contributed by atoms with Crippen molar-refractivity contribution >= 4 is 22.8 Å². The fourth-order valence-electron chi connectivity index (χ4n) is 7.83. The number of alkyl halides is 3. The van der Waals surface area contributed by atoms with Gasteiger partial charge in [-0.25, -0.2) is 9.97 Å². The van der Waals surface area contributed by atoms with Crippen LogP contribution in [0.3, 0.4) is 0 Å². The zero-order chi connectivity index (χ0) is 35.8. The summed E-state index contributed by atoms with van der Waals surface area (Å²) in [5.74, 6) is 0.129. The van der Waals surface area contributed by atoms with Gasteiger partial charge in [-0.15, -0.1) is 0 Å². The van der Waals surface area contributed by atoms with Crippen LogP contribution in [0.4, 0.5) is 18.9 Å². The number of ether oxygens (including phenoxy) is 2. The summed E-state index contributed by atoms with van der Waals surface area (Å²) in [7, 11) is 3.73. The van der Waals surface area contributed by atoms with Gasteiger partial charge in [-0.05, 0) is 81.3 Å². The first-order valence-electron chi connectivity index (χ1n) is 17.9. The molecular weight excluding hydrogens is 684 g/mol. The molecule has 1 N–H and O–H groups in total. The van der Waals surface area contributed by atoms with Crippen LogP contribution in [-0.2, 0) is 15.7 Å². The molecule has 10 nitrogen and oxygen atoms in total. The molecule has 4 heterocycles. The second kappa shape index (κ2) is 16.0. The van der Waals surface area contributed by atoms with Crippen molar-refractivity contribution in [2.24, 2.45) is 5.41 Å². The Morgan fingerprint density at radius 2 is 1.77 bits per heavy atom. The summed E-state index contributed by atoms with van der Waals surface area (Å²) in [4.78, 5) is 32.5. The molecule has 2 saturated carbocycles. The van der Waals surface area contributed by atoms with Crippen molar-refractivity contribution in [3.8, 4) is 28.4 Å². The van der Waals surface area contributed by atoms with Crippen LogP contribution in [0.15, 0.2) is 42.6 Å². The fraction of sp³-hybridized carbons (Fsp3) is 0.526. The monoisotopic (exact) mass is 728 g/mol. The Kier molecular flexibility index (Phi) is 11.9. The van der Waals surface area contributed by atoms with E-state index in [1.54, 1.807) is 7.11 Å². The van der Waals surface area contributed by atoms with E-state index >= 15 is 0 Å². The summed E-state index contributed by atoms with van der Waals surface area (Å²) in [6.07, 6.45) is 4.43. The molecule has 3 fully saturated rings. The number of hydrogen-bond donors (Lipinski definition) is 1. The van der Waals surface area contributed by atoms with Crippen molar-refractivity contribution in [3.63, 3.8) is 0 Å². The maximum atomic E-state index is 14.2. The standard InChI is InChI=1S/C38H45F3N6O4.Na/c1-46(22-37(23-50-2)14-3-4-15-37)31-20-30(26-19-29(38(39,40)41)33(42-21-26)24-5-6-24)43-36-34(31)44-35(45-36)25-7-9-27(10-8-25)51-28-11-16-47(17-12-28)18-13-32(48)49;/h7-10,19-21,24,28H,3-6,11-18,22-23H2,1-2H3,(H,48,49)(H,43,44,45);/q;+1/p-1. The van der Waals surface area contributed by atoms with E-state index in [2.05, 4.69) is 19.8 Å². The van der Waals surface area contributed by atoms with Gasteiger partial charge in [0.15, 0.2) is 5.65 Å². The summed E-state index contributed by atoms with van der Waals surface area (Å²) in [5.41, 5.74) is 2.78. The summed E-state index contributed by atoms with van der Waals surface area (Å²) in [6.45, 7) is 3.37. The number of imidazole rings is 1. The Morgan fingerprint density at radius 1 is 1.06 bits per heavy atom. The molecule has 1 saturated heterocycles. The van der Waals surface area contributed by atoms with Gasteiger partial charge in [0.25, 0.3) is 0 Å². The van der Waals surface area contributed by atoms with E-state index in [4.69, 9.17) is 19.4 Å². The number of rotatable bonds is 13. The van der Waals surface area contributed by atoms with Gasteiger partial charge in [0.05, 0.1) is 29.2 Å². The van der Waals surface area contributed by atoms with E-state index in [1.807, 2.05) is 37.4 Å². The molecule has 4 aromatic rings. The van der Waals surface area contributed by atoms with Crippen LogP contribution in [-0.4, -0.2) is 83.9 Å². The predicted molar refractivity (Wildman–Crippen MR) is 185 cm³/mol. The number of halogens is 3. The molecular formula is C38H44F3N6NaO4. The first-order chi connectivity index (χ1) is 24.5. The number of H-pyrrole nitrogens is 1. The average Bonchev–Trinajstić information content (AvgIpc) is 3.71. The predicted octanol–water partition coefficient (Wildman–Crippen LogP) is 3.21. The first-order valence-corrected chi connectivity index (χ1v) is 17.9. The van der Waals surface area contributed by atoms with E-state index in [9.17, 15) is 23.1 Å². The number of nitrogens with zero attached hydrogens (tertiary/aromatic N) is 5. The van der Waals surface area contributed by atoms with Crippen molar-refractivity contribution in [3.05, 3.63) is 53.9 Å². The quantitative estimate of drug-likeness (QED) is 0.207. The van der Waals surface area contributed by atoms with Gasteiger partial charge in [-0.2, -0.15) is 13.2 Å². The molecule has 0 radical (unpaired) electrons. The van der Waals surface area contributed by atoms with E-state index < -0.39 is 17.7 Å². The van der Waals surface area contributed by atoms with E-state index in [0.717, 1.165) is 68.6 Å². The third kappa shape index (κ3) is 8.76. The van der Waals surface area contributed by atoms with E-state index in [1.165, 1.54) is 12.3 Å². The minimum absolute atomic E-state index is 0. The zero-order valence-corrected chi connectivity index (χ0v) is 32.1. The number of carboxylic acids is 1. The molecule has 2 aliphatic carbocycles. The van der Waals surface area contributed by atoms with Crippen LogP contribution in [0, 0.1) is 5.41 Å². The molecule has 7 rings (SSSR count). The third-order valence-electron chi connectivity index (χ3n) is 10.6. The number of methoxy groups -OCH3 is 1. The van der Waals surface area contributed by atoms with Crippen molar-refractivity contribution in [2.45, 2.75) is 76.0 Å². The molecule has 3 aliphatic rings. The Balaban J connectivity index is 0.00000464. The Labute approximate surface area is 323 Å². The number of aromatic amines is 1. The number of likely N-dealkylation sites (tertiary alicyclic amines) is 1. The number of carboxylic acid groups (broad SMARTS) is 1. The Bertz CT molecular complexity index is 1850. The smallest absolute Gasteiger partial charge is 0.550 e. The van der Waals surface area contributed by atoms with Crippen LogP contribution in [0.25, 0.3) is 33.8 Å². The SMILES string of the molecule is COCC1(CN(C)c2cc(-c3cnc(C4CC4)c(C(F)(F)F)c3)nc3nc(-c4ccc(OC5CCN(CCC(=O)[O-])CC5)cc4)[nH]c23)CCCC1.[Na+]. The first kappa shape index (κ1) is 38.5. The van der Waals surface area contributed by atoms with Crippen molar-refractivity contribution in [2.75, 3.05) is 51.8 Å². The number of pyridine rings is 2. The topological polar surface area (TPSA) is 120 Å². The summed E-state index contributed by atoms with van der Waals surface area (Å²) in [6, 6.07) is 10.7. The van der Waals surface area contributed by atoms with Gasteiger partial charge in [-0.1, -0.05) is 12.8 Å². The van der Waals surface area contributed by atoms with Crippen molar-refractivity contribution < 1.29 is 62.1 Å². The van der Waals surface area contributed by atoms with Gasteiger partial charge in [0.1, 0.15) is 23.2 Å². The number of fused-ring (bicyclic) bond motifs is 1. The number of aromatic nitrogens is 4. The summed E-state index contributed by atoms with van der Waals surface area (Å²) in [5, 5.41) is 10.8. The number of carbonyl (C=O) groups is 1. The van der Waals surface area contributed by atoms with Gasteiger partial charge < -0.3 is 34.2 Å². The van der Waals surface area contributed by atoms with E-state index in [-0.39, 0.29) is 59.1 Å². The Hall–Kier alpha value is -3.23. The zero-order valence-electron chi connectivity index (χ0n) is 30.1. The van der Waals surface area contributed by atoms with Gasteiger partial charge in [0.2, 0.25) is 0 Å². The number of anilines is 1. The van der Waals surface area contributed by atoms with Crippen LogP contribution >= 0.6 is 0 Å². The number of carbonyl (C=O) groups excluding carboxylic acids is 1. The molecule has 1 aromatic carbocycles. The van der Waals surface area contributed by atoms with Gasteiger partial charge in [-0.3, -0.25) is 4.98 Å². The second-order valence-corrected chi connectivity index (χ2v) is 14.5. The largest absolute Gasteiger partial charge is 1.00 e. The maximum Gasteiger partial charge on any atom is 1.00 e. The fourth-order valence-corrected chi connectivity index (χ4v) is 7.83. The number of nitrogens with one attached hydrogen (secondary N) is 1. The van der Waals surface area contributed by atoms with Gasteiger partial charge in [0, 0.05) is 75.0 Å². The molecule has 3 aromatic heterocycles. The maximum absolute atomic E-state index is 14.2. The molecule has 0 bridgehead atoms. The number of hydrogen-bond acceptors (Lipinski definition) is 9. The molecule has 52 heavy (non-hydrogen) atoms. The third-order valence-corrected chi connectivity index (χ3v) is 10.6. The van der Waals surface area contributed by atoms with Gasteiger partial charge >= 0.3 is 35.7 Å². The number of benzene rings is 1. The summed E-state index contributed by atoms with van der Waals surface area (Å²) < 4.78 is 54.6. The molecule has 14 heteroatoms. The van der Waals surface area contributed by atoms with Crippen molar-refractivity contribution in [1.29, 1.82) is 0 Å². The van der Waals surface area contributed by atoms with Crippen LogP contribution in [0.2, 0.25) is 0 Å².